The van der Waals surface area contributed by atoms with Gasteiger partial charge in [-0.25, -0.2) is 10.5 Å². The minimum Gasteiger partial charge on any atom is -0.497 e. The highest BCUT2D eigenvalue weighted by molar-refractivity contribution is 7.16. The Morgan fingerprint density at radius 1 is 1.15 bits per heavy atom. The number of carbonyl (C=O) groups excluding carboxylic acids is 2. The molecule has 0 saturated carbocycles. The molecule has 0 saturated heterocycles. The normalized spacial score (nSPS) is 10.4. The quantitative estimate of drug-likeness (QED) is 0.336. The first-order valence-electron chi connectivity index (χ1n) is 8.45. The summed E-state index contributed by atoms with van der Waals surface area (Å²) in [4.78, 5) is 28.1. The van der Waals surface area contributed by atoms with Crippen LogP contribution in [0.3, 0.4) is 0 Å². The molecule has 0 aliphatic heterocycles. The smallest absolute Gasteiger partial charge is 0.280 e. The zero-order valence-electron chi connectivity index (χ0n) is 14.7. The van der Waals surface area contributed by atoms with Gasteiger partial charge in [-0.3, -0.25) is 14.8 Å². The maximum Gasteiger partial charge on any atom is 0.280 e. The van der Waals surface area contributed by atoms with E-state index < -0.39 is 0 Å². The summed E-state index contributed by atoms with van der Waals surface area (Å²) in [5, 5.41) is 11.7. The molecule has 1 heterocycles. The number of hydrogen-bond donors (Lipinski definition) is 3. The minimum atomic E-state index is -0.366. The van der Waals surface area contributed by atoms with Gasteiger partial charge in [0.2, 0.25) is 5.91 Å². The van der Waals surface area contributed by atoms with Crippen LogP contribution in [0, 0.1) is 0 Å². The Bertz CT molecular complexity index is 715. The Labute approximate surface area is 156 Å². The summed E-state index contributed by atoms with van der Waals surface area (Å²) in [6.45, 7) is 0.572. The zero-order valence-corrected chi connectivity index (χ0v) is 15.5. The molecule has 0 fully saturated rings. The Kier molecular flexibility index (Phi) is 8.04. The first kappa shape index (κ1) is 19.9. The lowest BCUT2D eigenvalue weighted by atomic mass is 10.1. The molecule has 0 radical (unpaired) electrons. The van der Waals surface area contributed by atoms with E-state index >= 15 is 0 Å². The molecule has 1 aromatic heterocycles. The van der Waals surface area contributed by atoms with Crippen LogP contribution >= 0.6 is 11.3 Å². The fourth-order valence-corrected chi connectivity index (χ4v) is 3.20. The lowest BCUT2D eigenvalue weighted by Gasteiger charge is -2.03. The second kappa shape index (κ2) is 10.5. The number of ether oxygens (including phenoxy) is 1. The predicted octanol–water partition coefficient (Wildman–Crippen LogP) is 3.00. The number of carbonyl (C=O) groups is 2. The molecule has 3 N–H and O–H groups in total. The lowest BCUT2D eigenvalue weighted by molar-refractivity contribution is -0.129. The molecule has 7 nitrogen and oxygen atoms in total. The highest BCUT2D eigenvalue weighted by Gasteiger charge is 2.11. The van der Waals surface area contributed by atoms with Gasteiger partial charge < -0.3 is 10.1 Å². The minimum absolute atomic E-state index is 0.172. The van der Waals surface area contributed by atoms with Gasteiger partial charge in [0.1, 0.15) is 5.75 Å². The SMILES string of the molecule is COc1ccc(-c2cnc(C(=O)NCCCCCCC(=O)NO)s2)cc1. The Balaban J connectivity index is 1.71. The molecular formula is C18H23N3O4S. The Morgan fingerprint density at radius 3 is 2.58 bits per heavy atom. The van der Waals surface area contributed by atoms with E-state index in [0.29, 0.717) is 18.0 Å². The van der Waals surface area contributed by atoms with Gasteiger partial charge in [-0.15, -0.1) is 11.3 Å². The van der Waals surface area contributed by atoms with E-state index in [1.807, 2.05) is 24.3 Å². The molecule has 2 rings (SSSR count). The van der Waals surface area contributed by atoms with Crippen LogP contribution in [0.15, 0.2) is 30.5 Å². The highest BCUT2D eigenvalue weighted by atomic mass is 32.1. The molecule has 0 atom stereocenters. The van der Waals surface area contributed by atoms with E-state index in [4.69, 9.17) is 9.94 Å². The third-order valence-corrected chi connectivity index (χ3v) is 4.86. The van der Waals surface area contributed by atoms with Gasteiger partial charge in [0.25, 0.3) is 5.91 Å². The number of hydroxylamine groups is 1. The van der Waals surface area contributed by atoms with Gasteiger partial charge in [0.05, 0.1) is 12.0 Å². The van der Waals surface area contributed by atoms with Crippen molar-refractivity contribution < 1.29 is 19.5 Å². The van der Waals surface area contributed by atoms with Crippen molar-refractivity contribution in [2.75, 3.05) is 13.7 Å². The topological polar surface area (TPSA) is 101 Å². The number of nitrogens with zero attached hydrogens (tertiary/aromatic N) is 1. The van der Waals surface area contributed by atoms with Crippen molar-refractivity contribution in [2.45, 2.75) is 32.1 Å². The number of aromatic nitrogens is 1. The number of nitrogens with one attached hydrogen (secondary N) is 2. The zero-order chi connectivity index (χ0) is 18.8. The number of methoxy groups -OCH3 is 1. The summed E-state index contributed by atoms with van der Waals surface area (Å²) >= 11 is 1.35. The van der Waals surface area contributed by atoms with E-state index in [9.17, 15) is 9.59 Å². The molecule has 0 spiro atoms. The van der Waals surface area contributed by atoms with Crippen LogP contribution in [0.25, 0.3) is 10.4 Å². The van der Waals surface area contributed by atoms with Crippen molar-refractivity contribution in [1.29, 1.82) is 0 Å². The molecule has 0 aliphatic carbocycles. The average molecular weight is 377 g/mol. The van der Waals surface area contributed by atoms with E-state index in [-0.39, 0.29) is 11.8 Å². The van der Waals surface area contributed by atoms with Crippen molar-refractivity contribution in [2.24, 2.45) is 0 Å². The third-order valence-electron chi connectivity index (χ3n) is 3.82. The van der Waals surface area contributed by atoms with Crippen LogP contribution in [-0.4, -0.2) is 35.7 Å². The lowest BCUT2D eigenvalue weighted by Crippen LogP contribution is -2.24. The van der Waals surface area contributed by atoms with Gasteiger partial charge in [-0.1, -0.05) is 12.8 Å². The summed E-state index contributed by atoms with van der Waals surface area (Å²) < 4.78 is 5.14. The molecule has 1 aromatic carbocycles. The van der Waals surface area contributed by atoms with Gasteiger partial charge in [-0.2, -0.15) is 0 Å². The van der Waals surface area contributed by atoms with Gasteiger partial charge in [-0.05, 0) is 42.7 Å². The summed E-state index contributed by atoms with van der Waals surface area (Å²) in [5.41, 5.74) is 2.61. The van der Waals surface area contributed by atoms with Crippen molar-refractivity contribution in [3.8, 4) is 16.2 Å². The molecule has 140 valence electrons. The molecular weight excluding hydrogens is 354 g/mol. The largest absolute Gasteiger partial charge is 0.497 e. The number of unbranched alkanes of at least 4 members (excludes halogenated alkanes) is 3. The summed E-state index contributed by atoms with van der Waals surface area (Å²) in [6.07, 6.45) is 5.36. The average Bonchev–Trinajstić information content (AvgIpc) is 3.17. The van der Waals surface area contributed by atoms with Crippen LogP contribution in [0.4, 0.5) is 0 Å². The highest BCUT2D eigenvalue weighted by Crippen LogP contribution is 2.27. The van der Waals surface area contributed by atoms with Crippen LogP contribution in [0.1, 0.15) is 41.9 Å². The first-order chi connectivity index (χ1) is 12.6. The van der Waals surface area contributed by atoms with Crippen LogP contribution in [-0.2, 0) is 4.79 Å². The summed E-state index contributed by atoms with van der Waals surface area (Å²) in [7, 11) is 1.62. The van der Waals surface area contributed by atoms with E-state index in [0.717, 1.165) is 41.9 Å². The van der Waals surface area contributed by atoms with E-state index in [1.54, 1.807) is 18.8 Å². The number of rotatable bonds is 10. The molecule has 2 aromatic rings. The molecule has 2 amide bonds. The second-order valence-corrected chi connectivity index (χ2v) is 6.74. The second-order valence-electron chi connectivity index (χ2n) is 5.71. The van der Waals surface area contributed by atoms with Gasteiger partial charge in [0.15, 0.2) is 5.01 Å². The molecule has 26 heavy (non-hydrogen) atoms. The van der Waals surface area contributed by atoms with Crippen molar-refractivity contribution in [3.05, 3.63) is 35.5 Å². The maximum absolute atomic E-state index is 12.1. The van der Waals surface area contributed by atoms with E-state index in [1.165, 1.54) is 11.3 Å². The van der Waals surface area contributed by atoms with Crippen molar-refractivity contribution in [1.82, 2.24) is 15.8 Å². The van der Waals surface area contributed by atoms with Crippen LogP contribution in [0.5, 0.6) is 5.75 Å². The molecule has 8 heteroatoms. The first-order valence-corrected chi connectivity index (χ1v) is 9.27. The monoisotopic (exact) mass is 377 g/mol. The fourth-order valence-electron chi connectivity index (χ4n) is 2.37. The molecule has 0 unspecified atom stereocenters. The third kappa shape index (κ3) is 6.12. The Hall–Kier alpha value is -2.45. The van der Waals surface area contributed by atoms with Crippen LogP contribution < -0.4 is 15.5 Å². The number of thiazole rings is 1. The van der Waals surface area contributed by atoms with Crippen molar-refractivity contribution in [3.63, 3.8) is 0 Å². The maximum atomic E-state index is 12.1. The summed E-state index contributed by atoms with van der Waals surface area (Å²) in [5.74, 6) is 0.248. The number of benzene rings is 1. The van der Waals surface area contributed by atoms with Crippen LogP contribution in [0.2, 0.25) is 0 Å². The van der Waals surface area contributed by atoms with Gasteiger partial charge in [0, 0.05) is 19.2 Å². The van der Waals surface area contributed by atoms with E-state index in [2.05, 4.69) is 10.3 Å². The Morgan fingerprint density at radius 2 is 1.88 bits per heavy atom. The number of amides is 2. The summed E-state index contributed by atoms with van der Waals surface area (Å²) in [6, 6.07) is 7.62. The standard InChI is InChI=1S/C18H23N3O4S/c1-25-14-9-7-13(8-10-14)15-12-20-18(26-15)17(23)19-11-5-3-2-4-6-16(22)21-24/h7-10,12,24H,2-6,11H2,1H3,(H,19,23)(H,21,22). The van der Waals surface area contributed by atoms with Gasteiger partial charge >= 0.3 is 0 Å². The molecule has 0 bridgehead atoms. The number of hydrogen-bond acceptors (Lipinski definition) is 6. The fraction of sp³-hybridized carbons (Fsp3) is 0.389. The molecule has 0 aliphatic rings. The predicted molar refractivity (Wildman–Crippen MR) is 99.4 cm³/mol. The van der Waals surface area contributed by atoms with Crippen molar-refractivity contribution >= 4 is 23.2 Å².